The van der Waals surface area contributed by atoms with Gasteiger partial charge < -0.3 is 17.3 Å². The molecule has 0 amide bonds. The molecule has 0 atom stereocenters. The van der Waals surface area contributed by atoms with Crippen LogP contribution >= 0.6 is 0 Å². The summed E-state index contributed by atoms with van der Waals surface area (Å²) in [5.41, 5.74) is 7.50. The highest BCUT2D eigenvalue weighted by molar-refractivity contribution is 6.50. The maximum Gasteiger partial charge on any atom is 0.673 e. The van der Waals surface area contributed by atoms with Crippen LogP contribution in [-0.2, 0) is 6.54 Å². The fraction of sp³-hybridized carbons (Fsp3) is 0.0345. The van der Waals surface area contributed by atoms with Gasteiger partial charge in [0.1, 0.15) is 11.5 Å². The molecule has 5 aromatic rings. The van der Waals surface area contributed by atoms with Gasteiger partial charge in [0, 0.05) is 23.3 Å². The summed E-state index contributed by atoms with van der Waals surface area (Å²) < 4.78 is 54.7. The van der Waals surface area contributed by atoms with E-state index in [9.17, 15) is 21.7 Å². The van der Waals surface area contributed by atoms with Crippen molar-refractivity contribution in [2.24, 2.45) is 0 Å². The predicted molar refractivity (Wildman–Crippen MR) is 136 cm³/mol. The van der Waals surface area contributed by atoms with Gasteiger partial charge in [-0.1, -0.05) is 66.7 Å². The second-order valence-electron chi connectivity index (χ2n) is 8.16. The first-order valence-electron chi connectivity index (χ1n) is 11.5. The monoisotopic (exact) mass is 504 g/mol. The van der Waals surface area contributed by atoms with Crippen molar-refractivity contribution in [1.29, 1.82) is 0 Å². The number of pyridine rings is 2. The lowest BCUT2D eigenvalue weighted by atomic mass is 9.99. The smallest absolute Gasteiger partial charge is 0.418 e. The van der Waals surface area contributed by atoms with Gasteiger partial charge in [0.2, 0.25) is 11.4 Å². The second kappa shape index (κ2) is 11.6. The van der Waals surface area contributed by atoms with E-state index in [1.807, 2.05) is 42.5 Å². The van der Waals surface area contributed by atoms with Gasteiger partial charge in [0.25, 0.3) is 0 Å². The summed E-state index contributed by atoms with van der Waals surface area (Å²) in [5, 5.41) is 0. The van der Waals surface area contributed by atoms with E-state index in [4.69, 9.17) is 0 Å². The molecule has 0 saturated heterocycles. The Kier molecular flexibility index (Phi) is 8.08. The van der Waals surface area contributed by atoms with Crippen LogP contribution in [0.4, 0.5) is 21.7 Å². The number of hydrogen-bond donors (Lipinski definition) is 0. The second-order valence-corrected chi connectivity index (χ2v) is 8.16. The molecule has 0 unspecified atom stereocenters. The van der Waals surface area contributed by atoms with Crippen LogP contribution in [0.5, 0.6) is 0 Å². The van der Waals surface area contributed by atoms with E-state index in [0.29, 0.717) is 6.54 Å². The van der Waals surface area contributed by atoms with E-state index >= 15 is 0 Å². The van der Waals surface area contributed by atoms with Gasteiger partial charge in [-0.05, 0) is 47.5 Å². The molecule has 0 bridgehead atoms. The van der Waals surface area contributed by atoms with Crippen LogP contribution < -0.4 is 4.57 Å². The largest absolute Gasteiger partial charge is 0.673 e. The van der Waals surface area contributed by atoms with Crippen molar-refractivity contribution in [3.63, 3.8) is 0 Å². The van der Waals surface area contributed by atoms with Gasteiger partial charge in [-0.3, -0.25) is 4.98 Å². The first kappa shape index (κ1) is 25.8. The van der Waals surface area contributed by atoms with Gasteiger partial charge >= 0.3 is 7.25 Å². The number of hydrogen-bond acceptors (Lipinski definition) is 1. The first-order valence-corrected chi connectivity index (χ1v) is 11.5. The molecule has 0 fully saturated rings. The minimum Gasteiger partial charge on any atom is -0.418 e. The summed E-state index contributed by atoms with van der Waals surface area (Å²) in [6.45, 7) is 0.532. The summed E-state index contributed by atoms with van der Waals surface area (Å²) in [6, 6.07) is 38.8. The molecule has 0 saturated carbocycles. The Morgan fingerprint density at radius 1 is 0.568 bits per heavy atom. The van der Waals surface area contributed by atoms with Gasteiger partial charge in [-0.25, -0.2) is 4.39 Å². The molecule has 8 heteroatoms. The maximum atomic E-state index is 13.5. The third-order valence-electron chi connectivity index (χ3n) is 5.52. The minimum absolute atomic E-state index is 0.329. The Morgan fingerprint density at radius 2 is 1.00 bits per heavy atom. The van der Waals surface area contributed by atoms with Crippen LogP contribution in [0.3, 0.4) is 0 Å². The van der Waals surface area contributed by atoms with E-state index in [0.717, 1.165) is 39.3 Å². The standard InChI is InChI=1S/C29H22FN2.BF4/c30-26-16-17-27(31-20-26)21-32-28(23-12-6-2-7-13-23)18-25(22-10-4-1-5-11-22)19-29(32)24-14-8-3-9-15-24;2-1(3,4)5/h1-20H,21H2;/q+1;-1. The van der Waals surface area contributed by atoms with Crippen molar-refractivity contribution in [3.05, 3.63) is 133 Å². The predicted octanol–water partition coefficient (Wildman–Crippen LogP) is 7.86. The minimum atomic E-state index is -6.00. The van der Waals surface area contributed by atoms with Crippen LogP contribution in [0.2, 0.25) is 0 Å². The van der Waals surface area contributed by atoms with Crippen molar-refractivity contribution in [3.8, 4) is 33.6 Å². The van der Waals surface area contributed by atoms with Crippen molar-refractivity contribution in [1.82, 2.24) is 4.98 Å². The molecule has 186 valence electrons. The molecule has 3 aromatic carbocycles. The summed E-state index contributed by atoms with van der Waals surface area (Å²) in [7, 11) is -6.00. The molecular formula is C29H22BF5N2. The van der Waals surface area contributed by atoms with Gasteiger partial charge in [-0.2, -0.15) is 4.57 Å². The zero-order valence-electron chi connectivity index (χ0n) is 19.6. The Balaban J connectivity index is 0.000000586. The van der Waals surface area contributed by atoms with Crippen molar-refractivity contribution < 1.29 is 26.2 Å². The quantitative estimate of drug-likeness (QED) is 0.135. The van der Waals surface area contributed by atoms with Gasteiger partial charge in [0.05, 0.1) is 6.20 Å². The molecule has 0 aliphatic rings. The summed E-state index contributed by atoms with van der Waals surface area (Å²) in [4.78, 5) is 4.33. The topological polar surface area (TPSA) is 16.8 Å². The van der Waals surface area contributed by atoms with E-state index in [1.54, 1.807) is 6.07 Å². The fourth-order valence-electron chi connectivity index (χ4n) is 3.95. The van der Waals surface area contributed by atoms with E-state index < -0.39 is 7.25 Å². The molecule has 5 rings (SSSR count). The highest BCUT2D eigenvalue weighted by Crippen LogP contribution is 2.29. The summed E-state index contributed by atoms with van der Waals surface area (Å²) in [6.07, 6.45) is 1.28. The molecular weight excluding hydrogens is 482 g/mol. The summed E-state index contributed by atoms with van der Waals surface area (Å²) in [5.74, 6) is -0.329. The number of nitrogens with zero attached hydrogens (tertiary/aromatic N) is 2. The number of halogens is 5. The lowest BCUT2D eigenvalue weighted by molar-refractivity contribution is -0.667. The Labute approximate surface area is 211 Å². The zero-order chi connectivity index (χ0) is 26.3. The van der Waals surface area contributed by atoms with Gasteiger partial charge in [0.15, 0.2) is 6.54 Å². The Hall–Kier alpha value is -4.33. The SMILES string of the molecule is F[B-](F)(F)F.Fc1ccc(C[n+]2c(-c3ccccc3)cc(-c3ccccc3)cc2-c2ccccc2)nc1. The molecule has 0 spiro atoms. The van der Waals surface area contributed by atoms with Crippen molar-refractivity contribution in [2.75, 3.05) is 0 Å². The van der Waals surface area contributed by atoms with E-state index in [-0.39, 0.29) is 5.82 Å². The summed E-state index contributed by atoms with van der Waals surface area (Å²) >= 11 is 0. The molecule has 0 N–H and O–H groups in total. The van der Waals surface area contributed by atoms with Crippen LogP contribution in [0.15, 0.2) is 121 Å². The number of benzene rings is 3. The van der Waals surface area contributed by atoms with E-state index in [1.165, 1.54) is 12.3 Å². The lowest BCUT2D eigenvalue weighted by Crippen LogP contribution is -2.40. The van der Waals surface area contributed by atoms with Crippen molar-refractivity contribution >= 4 is 7.25 Å². The molecule has 0 aliphatic heterocycles. The third-order valence-corrected chi connectivity index (χ3v) is 5.52. The van der Waals surface area contributed by atoms with E-state index in [2.05, 4.69) is 70.2 Å². The lowest BCUT2D eigenvalue weighted by Gasteiger charge is -2.13. The van der Waals surface area contributed by atoms with Gasteiger partial charge in [-0.15, -0.1) is 0 Å². The van der Waals surface area contributed by atoms with Crippen molar-refractivity contribution in [2.45, 2.75) is 6.54 Å². The normalized spacial score (nSPS) is 10.9. The zero-order valence-corrected chi connectivity index (χ0v) is 19.6. The molecule has 2 nitrogen and oxygen atoms in total. The molecule has 2 aromatic heterocycles. The molecule has 37 heavy (non-hydrogen) atoms. The Morgan fingerprint density at radius 3 is 1.41 bits per heavy atom. The van der Waals surface area contributed by atoms with Crippen LogP contribution in [-0.4, -0.2) is 12.2 Å². The van der Waals surface area contributed by atoms with Crippen LogP contribution in [0.25, 0.3) is 33.6 Å². The fourth-order valence-corrected chi connectivity index (χ4v) is 3.95. The number of aromatic nitrogens is 2. The van der Waals surface area contributed by atoms with Crippen LogP contribution in [0.1, 0.15) is 5.69 Å². The third kappa shape index (κ3) is 7.33. The molecule has 2 heterocycles. The first-order chi connectivity index (χ1) is 17.8. The number of rotatable bonds is 5. The molecule has 0 radical (unpaired) electrons. The average Bonchev–Trinajstić information content (AvgIpc) is 2.90. The maximum absolute atomic E-state index is 13.5. The average molecular weight is 504 g/mol. The highest BCUT2D eigenvalue weighted by atomic mass is 19.5. The highest BCUT2D eigenvalue weighted by Gasteiger charge is 2.23. The van der Waals surface area contributed by atoms with Crippen LogP contribution in [0, 0.1) is 5.82 Å². The molecule has 0 aliphatic carbocycles. The Bertz CT molecular complexity index is 1360.